The Bertz CT molecular complexity index is 658. The molecule has 0 atom stereocenters. The molecule has 1 aliphatic heterocycles. The van der Waals surface area contributed by atoms with Crippen LogP contribution in [-0.2, 0) is 13.0 Å². The highest BCUT2D eigenvalue weighted by Crippen LogP contribution is 2.39. The van der Waals surface area contributed by atoms with Crippen LogP contribution in [0, 0.1) is 0 Å². The van der Waals surface area contributed by atoms with E-state index in [9.17, 15) is 0 Å². The van der Waals surface area contributed by atoms with E-state index in [0.717, 1.165) is 24.4 Å². The summed E-state index contributed by atoms with van der Waals surface area (Å²) in [5.74, 6) is 0. The first-order valence-electron chi connectivity index (χ1n) is 6.49. The van der Waals surface area contributed by atoms with Crippen molar-refractivity contribution in [2.45, 2.75) is 22.8 Å². The fraction of sp³-hybridized carbons (Fsp3) is 0.200. The number of nitrogen functional groups attached to an aromatic ring is 2. The van der Waals surface area contributed by atoms with Crippen molar-refractivity contribution in [3.05, 3.63) is 46.5 Å². The van der Waals surface area contributed by atoms with Crippen molar-refractivity contribution in [2.24, 2.45) is 0 Å². The Labute approximate surface area is 127 Å². The predicted molar refractivity (Wildman–Crippen MR) is 86.3 cm³/mol. The van der Waals surface area contributed by atoms with Crippen molar-refractivity contribution in [2.75, 3.05) is 18.0 Å². The Balaban J connectivity index is 1.98. The summed E-state index contributed by atoms with van der Waals surface area (Å²) in [5.41, 5.74) is 15.5. The molecule has 3 nitrogen and oxygen atoms in total. The van der Waals surface area contributed by atoms with Crippen LogP contribution in [-0.4, -0.2) is 6.54 Å². The van der Waals surface area contributed by atoms with E-state index in [-0.39, 0.29) is 0 Å². The molecule has 104 valence electrons. The van der Waals surface area contributed by atoms with Crippen molar-refractivity contribution in [3.63, 3.8) is 0 Å². The summed E-state index contributed by atoms with van der Waals surface area (Å²) >= 11 is 7.92. The minimum Gasteiger partial charge on any atom is -0.397 e. The molecule has 0 aliphatic carbocycles. The third kappa shape index (κ3) is 2.59. The number of anilines is 2. The van der Waals surface area contributed by atoms with E-state index < -0.39 is 0 Å². The second kappa shape index (κ2) is 5.56. The maximum atomic E-state index is 6.27. The monoisotopic (exact) mass is 305 g/mol. The first kappa shape index (κ1) is 13.6. The van der Waals surface area contributed by atoms with Gasteiger partial charge in [0.05, 0.1) is 16.4 Å². The van der Waals surface area contributed by atoms with Crippen LogP contribution in [0.2, 0.25) is 5.02 Å². The van der Waals surface area contributed by atoms with Crippen molar-refractivity contribution < 1.29 is 0 Å². The zero-order chi connectivity index (χ0) is 14.1. The molecule has 0 amide bonds. The summed E-state index contributed by atoms with van der Waals surface area (Å²) in [4.78, 5) is 2.19. The third-order valence-electron chi connectivity index (χ3n) is 3.45. The third-order valence-corrected chi connectivity index (χ3v) is 5.04. The highest BCUT2D eigenvalue weighted by molar-refractivity contribution is 7.99. The lowest BCUT2D eigenvalue weighted by Gasteiger charge is -2.20. The second-order valence-corrected chi connectivity index (χ2v) is 6.33. The Kier molecular flexibility index (Phi) is 3.78. The van der Waals surface area contributed by atoms with Gasteiger partial charge < -0.3 is 16.8 Å². The maximum absolute atomic E-state index is 6.27. The fourth-order valence-corrected chi connectivity index (χ4v) is 3.74. The van der Waals surface area contributed by atoms with Crippen molar-refractivity contribution in [1.82, 2.24) is 5.32 Å². The van der Waals surface area contributed by atoms with Gasteiger partial charge >= 0.3 is 0 Å². The van der Waals surface area contributed by atoms with Crippen LogP contribution in [0.25, 0.3) is 0 Å². The molecule has 0 saturated carbocycles. The van der Waals surface area contributed by atoms with Crippen molar-refractivity contribution >= 4 is 34.7 Å². The standard InChI is InChI=1S/C15H16ClN3S/c16-11-6-12(17)13(18)7-15(11)20-14-3-1-2-9-8-19-5-4-10(9)14/h1-3,6-7,19H,4-5,8,17-18H2. The average molecular weight is 306 g/mol. The summed E-state index contributed by atoms with van der Waals surface area (Å²) in [6.07, 6.45) is 1.04. The summed E-state index contributed by atoms with van der Waals surface area (Å²) in [6.45, 7) is 1.95. The first-order chi connectivity index (χ1) is 9.65. The van der Waals surface area contributed by atoms with Crippen LogP contribution in [0.1, 0.15) is 11.1 Å². The number of rotatable bonds is 2. The summed E-state index contributed by atoms with van der Waals surface area (Å²) in [6, 6.07) is 9.96. The number of nitrogens with one attached hydrogen (secondary N) is 1. The Morgan fingerprint density at radius 3 is 2.75 bits per heavy atom. The van der Waals surface area contributed by atoms with Gasteiger partial charge in [-0.2, -0.15) is 0 Å². The minimum atomic E-state index is 0.527. The van der Waals surface area contributed by atoms with E-state index in [2.05, 4.69) is 23.5 Å². The van der Waals surface area contributed by atoms with Gasteiger partial charge in [-0.05, 0) is 42.3 Å². The molecule has 3 rings (SSSR count). The van der Waals surface area contributed by atoms with E-state index in [0.29, 0.717) is 16.4 Å². The lowest BCUT2D eigenvalue weighted by atomic mass is 10.0. The smallest absolute Gasteiger partial charge is 0.0567 e. The maximum Gasteiger partial charge on any atom is 0.0567 e. The van der Waals surface area contributed by atoms with Crippen LogP contribution in [0.15, 0.2) is 40.1 Å². The largest absolute Gasteiger partial charge is 0.397 e. The van der Waals surface area contributed by atoms with Crippen LogP contribution in [0.3, 0.4) is 0 Å². The Morgan fingerprint density at radius 1 is 1.10 bits per heavy atom. The summed E-state index contributed by atoms with van der Waals surface area (Å²) in [7, 11) is 0. The van der Waals surface area contributed by atoms with E-state index in [1.807, 2.05) is 6.07 Å². The van der Waals surface area contributed by atoms with E-state index >= 15 is 0 Å². The van der Waals surface area contributed by atoms with Crippen LogP contribution in [0.4, 0.5) is 11.4 Å². The zero-order valence-electron chi connectivity index (χ0n) is 10.9. The van der Waals surface area contributed by atoms with Gasteiger partial charge in [-0.15, -0.1) is 0 Å². The topological polar surface area (TPSA) is 64.1 Å². The normalized spacial score (nSPS) is 14.1. The molecule has 0 spiro atoms. The lowest BCUT2D eigenvalue weighted by Crippen LogP contribution is -2.23. The van der Waals surface area contributed by atoms with Crippen LogP contribution >= 0.6 is 23.4 Å². The molecule has 5 heteroatoms. The summed E-state index contributed by atoms with van der Waals surface area (Å²) < 4.78 is 0. The fourth-order valence-electron chi connectivity index (χ4n) is 2.37. The molecule has 2 aromatic carbocycles. The molecular formula is C15H16ClN3S. The number of hydrogen-bond acceptors (Lipinski definition) is 4. The Hall–Kier alpha value is -1.36. The van der Waals surface area contributed by atoms with Gasteiger partial charge in [0, 0.05) is 16.3 Å². The highest BCUT2D eigenvalue weighted by atomic mass is 35.5. The number of fused-ring (bicyclic) bond motifs is 1. The second-order valence-electron chi connectivity index (χ2n) is 4.83. The molecule has 0 aromatic heterocycles. The van der Waals surface area contributed by atoms with E-state index in [1.54, 1.807) is 17.8 Å². The van der Waals surface area contributed by atoms with Gasteiger partial charge in [0.2, 0.25) is 0 Å². The molecule has 2 aromatic rings. The predicted octanol–water partition coefficient (Wildman–Crippen LogP) is 3.30. The van der Waals surface area contributed by atoms with Gasteiger partial charge in [-0.3, -0.25) is 0 Å². The van der Waals surface area contributed by atoms with Crippen LogP contribution < -0.4 is 16.8 Å². The Morgan fingerprint density at radius 2 is 1.90 bits per heavy atom. The van der Waals surface area contributed by atoms with Gasteiger partial charge in [-0.1, -0.05) is 35.5 Å². The van der Waals surface area contributed by atoms with Gasteiger partial charge in [-0.25, -0.2) is 0 Å². The minimum absolute atomic E-state index is 0.527. The number of nitrogens with two attached hydrogens (primary N) is 2. The summed E-state index contributed by atoms with van der Waals surface area (Å²) in [5, 5.41) is 4.03. The quantitative estimate of drug-likeness (QED) is 0.745. The average Bonchev–Trinajstić information content (AvgIpc) is 2.45. The van der Waals surface area contributed by atoms with Crippen molar-refractivity contribution in [1.29, 1.82) is 0 Å². The van der Waals surface area contributed by atoms with E-state index in [4.69, 9.17) is 23.1 Å². The lowest BCUT2D eigenvalue weighted by molar-refractivity contribution is 0.636. The van der Waals surface area contributed by atoms with Gasteiger partial charge in [0.1, 0.15) is 0 Å². The van der Waals surface area contributed by atoms with Gasteiger partial charge in [0.25, 0.3) is 0 Å². The van der Waals surface area contributed by atoms with Crippen molar-refractivity contribution in [3.8, 4) is 0 Å². The molecule has 0 saturated heterocycles. The number of halogens is 1. The molecule has 20 heavy (non-hydrogen) atoms. The molecule has 5 N–H and O–H groups in total. The molecule has 0 radical (unpaired) electrons. The number of benzene rings is 2. The molecule has 0 fully saturated rings. The zero-order valence-corrected chi connectivity index (χ0v) is 12.5. The molecule has 0 bridgehead atoms. The number of hydrogen-bond donors (Lipinski definition) is 3. The molecule has 1 heterocycles. The molecular weight excluding hydrogens is 290 g/mol. The van der Waals surface area contributed by atoms with Crippen LogP contribution in [0.5, 0.6) is 0 Å². The first-order valence-corrected chi connectivity index (χ1v) is 7.68. The van der Waals surface area contributed by atoms with E-state index in [1.165, 1.54) is 16.0 Å². The van der Waals surface area contributed by atoms with Gasteiger partial charge in [0.15, 0.2) is 0 Å². The molecule has 0 unspecified atom stereocenters. The highest BCUT2D eigenvalue weighted by Gasteiger charge is 2.14. The molecule has 1 aliphatic rings. The SMILES string of the molecule is Nc1cc(Cl)c(Sc2cccc3c2CCNC3)cc1N.